The Labute approximate surface area is 78.0 Å². The van der Waals surface area contributed by atoms with Crippen LogP contribution in [0.2, 0.25) is 0 Å². The van der Waals surface area contributed by atoms with Crippen molar-refractivity contribution in [3.63, 3.8) is 0 Å². The molecule has 5 nitrogen and oxygen atoms in total. The van der Waals surface area contributed by atoms with Gasteiger partial charge in [-0.15, -0.1) is 0 Å². The van der Waals surface area contributed by atoms with Crippen LogP contribution in [0.25, 0.3) is 10.4 Å². The molecule has 1 rings (SSSR count). The molecule has 0 amide bonds. The minimum atomic E-state index is -0.507. The van der Waals surface area contributed by atoms with E-state index in [9.17, 15) is 5.11 Å². The Balaban J connectivity index is 2.51. The summed E-state index contributed by atoms with van der Waals surface area (Å²) >= 11 is 0. The van der Waals surface area contributed by atoms with Gasteiger partial charge in [-0.1, -0.05) is 5.11 Å². The standard InChI is InChI=1S/C8H16N4O/c1-6(2)12-4-3-7(10-11-9)8(13)5-12/h6-8,13H,3-5H2,1-2H3. The van der Waals surface area contributed by atoms with Crippen LogP contribution in [0.1, 0.15) is 20.3 Å². The van der Waals surface area contributed by atoms with Crippen molar-refractivity contribution in [2.45, 2.75) is 38.5 Å². The number of aliphatic hydroxyl groups is 1. The zero-order valence-electron chi connectivity index (χ0n) is 8.09. The fourth-order valence-electron chi connectivity index (χ4n) is 1.61. The van der Waals surface area contributed by atoms with Crippen LogP contribution in [-0.2, 0) is 0 Å². The Bertz CT molecular complexity index is 212. The first kappa shape index (κ1) is 10.3. The second-order valence-corrected chi connectivity index (χ2v) is 3.72. The minimum absolute atomic E-state index is 0.236. The Morgan fingerprint density at radius 1 is 1.62 bits per heavy atom. The van der Waals surface area contributed by atoms with E-state index in [0.717, 1.165) is 13.0 Å². The van der Waals surface area contributed by atoms with E-state index in [-0.39, 0.29) is 6.04 Å². The van der Waals surface area contributed by atoms with E-state index < -0.39 is 6.10 Å². The van der Waals surface area contributed by atoms with Gasteiger partial charge in [-0.25, -0.2) is 0 Å². The van der Waals surface area contributed by atoms with E-state index >= 15 is 0 Å². The van der Waals surface area contributed by atoms with E-state index in [1.165, 1.54) is 0 Å². The van der Waals surface area contributed by atoms with Gasteiger partial charge in [-0.05, 0) is 32.3 Å². The lowest BCUT2D eigenvalue weighted by Gasteiger charge is -2.36. The van der Waals surface area contributed by atoms with Gasteiger partial charge in [-0.2, -0.15) is 0 Å². The van der Waals surface area contributed by atoms with Gasteiger partial charge in [0.2, 0.25) is 0 Å². The number of likely N-dealkylation sites (tertiary alicyclic amines) is 1. The number of piperidine rings is 1. The van der Waals surface area contributed by atoms with Gasteiger partial charge in [0.1, 0.15) is 0 Å². The number of aliphatic hydroxyl groups excluding tert-OH is 1. The fraction of sp³-hybridized carbons (Fsp3) is 1.00. The van der Waals surface area contributed by atoms with Crippen LogP contribution in [0, 0.1) is 0 Å². The third-order valence-corrected chi connectivity index (χ3v) is 2.51. The number of β-amino-alcohol motifs (C(OH)–C–C–N with tert-alkyl or cyclic N) is 1. The Morgan fingerprint density at radius 2 is 2.31 bits per heavy atom. The van der Waals surface area contributed by atoms with Crippen molar-refractivity contribution in [1.82, 2.24) is 4.90 Å². The number of rotatable bonds is 2. The maximum Gasteiger partial charge on any atom is 0.0752 e. The first-order valence-corrected chi connectivity index (χ1v) is 4.61. The summed E-state index contributed by atoms with van der Waals surface area (Å²) in [5, 5.41) is 13.2. The Hall–Kier alpha value is -0.770. The molecule has 74 valence electrons. The van der Waals surface area contributed by atoms with E-state index in [4.69, 9.17) is 5.53 Å². The monoisotopic (exact) mass is 184 g/mol. The number of hydrogen-bond acceptors (Lipinski definition) is 3. The summed E-state index contributed by atoms with van der Waals surface area (Å²) in [5.74, 6) is 0. The lowest BCUT2D eigenvalue weighted by atomic mass is 10.0. The summed E-state index contributed by atoms with van der Waals surface area (Å²) in [4.78, 5) is 4.91. The second kappa shape index (κ2) is 4.46. The number of hydrogen-bond donors (Lipinski definition) is 1. The molecule has 0 aliphatic carbocycles. The lowest BCUT2D eigenvalue weighted by Crippen LogP contribution is -2.48. The molecular weight excluding hydrogens is 168 g/mol. The molecule has 1 aliphatic heterocycles. The average molecular weight is 184 g/mol. The first-order valence-electron chi connectivity index (χ1n) is 4.61. The van der Waals surface area contributed by atoms with Crippen LogP contribution in [0.3, 0.4) is 0 Å². The van der Waals surface area contributed by atoms with Crippen LogP contribution in [-0.4, -0.2) is 41.3 Å². The third kappa shape index (κ3) is 2.59. The van der Waals surface area contributed by atoms with E-state index in [1.807, 2.05) is 0 Å². The van der Waals surface area contributed by atoms with Crippen LogP contribution in [0.15, 0.2) is 5.11 Å². The highest BCUT2D eigenvalue weighted by atomic mass is 16.3. The molecule has 0 bridgehead atoms. The molecule has 1 aliphatic rings. The highest BCUT2D eigenvalue weighted by Crippen LogP contribution is 2.16. The van der Waals surface area contributed by atoms with Crippen molar-refractivity contribution >= 4 is 0 Å². The van der Waals surface area contributed by atoms with Crippen molar-refractivity contribution in [2.24, 2.45) is 5.11 Å². The number of nitrogens with zero attached hydrogens (tertiary/aromatic N) is 4. The molecule has 0 aromatic carbocycles. The zero-order chi connectivity index (χ0) is 9.84. The third-order valence-electron chi connectivity index (χ3n) is 2.51. The maximum atomic E-state index is 9.61. The molecule has 2 unspecified atom stereocenters. The maximum absolute atomic E-state index is 9.61. The van der Waals surface area contributed by atoms with E-state index in [0.29, 0.717) is 12.6 Å². The van der Waals surface area contributed by atoms with Gasteiger partial charge < -0.3 is 5.11 Å². The molecule has 0 aromatic rings. The summed E-state index contributed by atoms with van der Waals surface area (Å²) < 4.78 is 0. The topological polar surface area (TPSA) is 72.2 Å². The normalized spacial score (nSPS) is 30.2. The van der Waals surface area contributed by atoms with E-state index in [1.54, 1.807) is 0 Å². The van der Waals surface area contributed by atoms with Crippen LogP contribution in [0.5, 0.6) is 0 Å². The smallest absolute Gasteiger partial charge is 0.0752 e. The number of azide groups is 1. The van der Waals surface area contributed by atoms with Gasteiger partial charge in [-0.3, -0.25) is 4.90 Å². The van der Waals surface area contributed by atoms with Crippen molar-refractivity contribution < 1.29 is 5.11 Å². The van der Waals surface area contributed by atoms with Crippen molar-refractivity contribution in [2.75, 3.05) is 13.1 Å². The SMILES string of the molecule is CC(C)N1CCC(N=[N+]=[N-])C(O)C1. The molecule has 0 spiro atoms. The van der Waals surface area contributed by atoms with Gasteiger partial charge in [0.05, 0.1) is 12.1 Å². The largest absolute Gasteiger partial charge is 0.391 e. The summed E-state index contributed by atoms with van der Waals surface area (Å²) in [6.07, 6.45) is 0.246. The zero-order valence-corrected chi connectivity index (χ0v) is 8.09. The molecule has 1 fully saturated rings. The predicted molar refractivity (Wildman–Crippen MR) is 50.3 cm³/mol. The predicted octanol–water partition coefficient (Wildman–Crippen LogP) is 1.14. The van der Waals surface area contributed by atoms with Gasteiger partial charge >= 0.3 is 0 Å². The summed E-state index contributed by atoms with van der Waals surface area (Å²) in [7, 11) is 0. The quantitative estimate of drug-likeness (QED) is 0.397. The Morgan fingerprint density at radius 3 is 2.77 bits per heavy atom. The Kier molecular flexibility index (Phi) is 3.54. The molecule has 13 heavy (non-hydrogen) atoms. The van der Waals surface area contributed by atoms with Gasteiger partial charge in [0.15, 0.2) is 0 Å². The summed E-state index contributed by atoms with van der Waals surface area (Å²) in [6, 6.07) is 0.210. The lowest BCUT2D eigenvalue weighted by molar-refractivity contribution is 0.0393. The van der Waals surface area contributed by atoms with Crippen molar-refractivity contribution in [3.05, 3.63) is 10.4 Å². The molecule has 5 heteroatoms. The average Bonchev–Trinajstić information content (AvgIpc) is 2.08. The molecule has 2 atom stereocenters. The molecule has 1 heterocycles. The first-order chi connectivity index (χ1) is 6.15. The molecule has 0 saturated carbocycles. The van der Waals surface area contributed by atoms with Crippen LogP contribution in [0.4, 0.5) is 0 Å². The van der Waals surface area contributed by atoms with Crippen LogP contribution < -0.4 is 0 Å². The molecule has 0 aromatic heterocycles. The summed E-state index contributed by atoms with van der Waals surface area (Å²) in [5.41, 5.74) is 8.24. The molecule has 0 radical (unpaired) electrons. The summed E-state index contributed by atoms with van der Waals surface area (Å²) in [6.45, 7) is 5.71. The molecular formula is C8H16N4O. The molecule has 1 saturated heterocycles. The highest BCUT2D eigenvalue weighted by Gasteiger charge is 2.27. The van der Waals surface area contributed by atoms with Crippen molar-refractivity contribution in [1.29, 1.82) is 0 Å². The minimum Gasteiger partial charge on any atom is -0.391 e. The molecule has 1 N–H and O–H groups in total. The van der Waals surface area contributed by atoms with Crippen LogP contribution >= 0.6 is 0 Å². The van der Waals surface area contributed by atoms with Gasteiger partial charge in [0.25, 0.3) is 0 Å². The van der Waals surface area contributed by atoms with Crippen molar-refractivity contribution in [3.8, 4) is 0 Å². The van der Waals surface area contributed by atoms with E-state index in [2.05, 4.69) is 28.8 Å². The fourth-order valence-corrected chi connectivity index (χ4v) is 1.61. The second-order valence-electron chi connectivity index (χ2n) is 3.72. The van der Waals surface area contributed by atoms with Gasteiger partial charge in [0, 0.05) is 17.5 Å². The highest BCUT2D eigenvalue weighted by molar-refractivity contribution is 4.86.